The van der Waals surface area contributed by atoms with Crippen LogP contribution in [0.15, 0.2) is 30.3 Å². The van der Waals surface area contributed by atoms with E-state index < -0.39 is 0 Å². The van der Waals surface area contributed by atoms with Gasteiger partial charge in [-0.3, -0.25) is 4.79 Å². The van der Waals surface area contributed by atoms with Gasteiger partial charge in [0, 0.05) is 25.3 Å². The molecule has 116 valence electrons. The van der Waals surface area contributed by atoms with Crippen LogP contribution in [0.5, 0.6) is 0 Å². The lowest BCUT2D eigenvalue weighted by Crippen LogP contribution is -2.44. The Kier molecular flexibility index (Phi) is 6.05. The van der Waals surface area contributed by atoms with Crippen LogP contribution in [0.3, 0.4) is 0 Å². The molecule has 0 aromatic heterocycles. The lowest BCUT2D eigenvalue weighted by atomic mass is 9.94. The SMILES string of the molecule is CN(C(=O)CN(CCO)c1ccccc1)C1CCCCC1. The third-order valence-corrected chi connectivity index (χ3v) is 4.33. The number of likely N-dealkylation sites (N-methyl/N-ethyl adjacent to an activating group) is 1. The second-order valence-electron chi connectivity index (χ2n) is 5.78. The van der Waals surface area contributed by atoms with Gasteiger partial charge in [0.1, 0.15) is 0 Å². The van der Waals surface area contributed by atoms with E-state index in [2.05, 4.69) is 0 Å². The predicted molar refractivity (Wildman–Crippen MR) is 85.4 cm³/mol. The van der Waals surface area contributed by atoms with Gasteiger partial charge in [-0.25, -0.2) is 0 Å². The minimum Gasteiger partial charge on any atom is -0.395 e. The molecule has 1 aromatic rings. The fourth-order valence-corrected chi connectivity index (χ4v) is 3.01. The maximum atomic E-state index is 12.5. The molecule has 1 aliphatic carbocycles. The van der Waals surface area contributed by atoms with Crippen LogP contribution >= 0.6 is 0 Å². The summed E-state index contributed by atoms with van der Waals surface area (Å²) in [7, 11) is 1.92. The number of para-hydroxylation sites is 1. The second kappa shape index (κ2) is 8.03. The summed E-state index contributed by atoms with van der Waals surface area (Å²) in [4.78, 5) is 16.4. The number of carbonyl (C=O) groups excluding carboxylic acids is 1. The highest BCUT2D eigenvalue weighted by atomic mass is 16.3. The first kappa shape index (κ1) is 15.8. The smallest absolute Gasteiger partial charge is 0.242 e. The van der Waals surface area contributed by atoms with Crippen molar-refractivity contribution < 1.29 is 9.90 Å². The molecule has 1 aliphatic rings. The summed E-state index contributed by atoms with van der Waals surface area (Å²) in [6.45, 7) is 0.862. The van der Waals surface area contributed by atoms with Gasteiger partial charge in [0.25, 0.3) is 0 Å². The number of aliphatic hydroxyl groups is 1. The topological polar surface area (TPSA) is 43.8 Å². The molecule has 4 nitrogen and oxygen atoms in total. The first-order chi connectivity index (χ1) is 10.2. The fourth-order valence-electron chi connectivity index (χ4n) is 3.01. The summed E-state index contributed by atoms with van der Waals surface area (Å²) >= 11 is 0. The Morgan fingerprint density at radius 2 is 1.86 bits per heavy atom. The van der Waals surface area contributed by atoms with Crippen LogP contribution < -0.4 is 4.90 Å². The van der Waals surface area contributed by atoms with Gasteiger partial charge in [-0.05, 0) is 25.0 Å². The minimum atomic E-state index is 0.0509. The molecular weight excluding hydrogens is 264 g/mol. The summed E-state index contributed by atoms with van der Waals surface area (Å²) in [6.07, 6.45) is 5.98. The van der Waals surface area contributed by atoms with Crippen molar-refractivity contribution in [3.8, 4) is 0 Å². The van der Waals surface area contributed by atoms with Crippen molar-refractivity contribution in [2.75, 3.05) is 31.6 Å². The summed E-state index contributed by atoms with van der Waals surface area (Å²) in [5.41, 5.74) is 0.983. The molecule has 21 heavy (non-hydrogen) atoms. The van der Waals surface area contributed by atoms with Crippen molar-refractivity contribution in [2.24, 2.45) is 0 Å². The first-order valence-electron chi connectivity index (χ1n) is 7.89. The number of hydrogen-bond acceptors (Lipinski definition) is 3. The monoisotopic (exact) mass is 290 g/mol. The van der Waals surface area contributed by atoms with Gasteiger partial charge in [0.15, 0.2) is 0 Å². The zero-order valence-electron chi connectivity index (χ0n) is 12.9. The zero-order chi connectivity index (χ0) is 15.1. The molecule has 4 heteroatoms. The molecular formula is C17H26N2O2. The third kappa shape index (κ3) is 4.46. The molecule has 2 rings (SSSR count). The summed E-state index contributed by atoms with van der Waals surface area (Å²) < 4.78 is 0. The fraction of sp³-hybridized carbons (Fsp3) is 0.588. The highest BCUT2D eigenvalue weighted by Crippen LogP contribution is 2.22. The number of rotatable bonds is 6. The number of amides is 1. The maximum absolute atomic E-state index is 12.5. The molecule has 1 N–H and O–H groups in total. The number of anilines is 1. The molecule has 0 unspecified atom stereocenters. The molecule has 0 atom stereocenters. The van der Waals surface area contributed by atoms with E-state index >= 15 is 0 Å². The van der Waals surface area contributed by atoms with Crippen LogP contribution in [0, 0.1) is 0 Å². The average molecular weight is 290 g/mol. The van der Waals surface area contributed by atoms with Crippen LogP contribution in [0.4, 0.5) is 5.69 Å². The minimum absolute atomic E-state index is 0.0509. The van der Waals surface area contributed by atoms with Crippen molar-refractivity contribution in [2.45, 2.75) is 38.1 Å². The summed E-state index contributed by atoms with van der Waals surface area (Å²) in [5.74, 6) is 0.138. The van der Waals surface area contributed by atoms with Crippen LogP contribution in [0.2, 0.25) is 0 Å². The largest absolute Gasteiger partial charge is 0.395 e. The van der Waals surface area contributed by atoms with E-state index in [0.29, 0.717) is 19.1 Å². The lowest BCUT2D eigenvalue weighted by molar-refractivity contribution is -0.131. The van der Waals surface area contributed by atoms with Gasteiger partial charge in [0.05, 0.1) is 13.2 Å². The van der Waals surface area contributed by atoms with Gasteiger partial charge < -0.3 is 14.9 Å². The molecule has 0 radical (unpaired) electrons. The molecule has 0 bridgehead atoms. The molecule has 0 saturated heterocycles. The van der Waals surface area contributed by atoms with E-state index in [-0.39, 0.29) is 12.5 Å². The van der Waals surface area contributed by atoms with Crippen LogP contribution in [-0.2, 0) is 4.79 Å². The molecule has 0 heterocycles. The Morgan fingerprint density at radius 3 is 2.48 bits per heavy atom. The highest BCUT2D eigenvalue weighted by Gasteiger charge is 2.23. The quantitative estimate of drug-likeness (QED) is 0.874. The van der Waals surface area contributed by atoms with Crippen molar-refractivity contribution in [1.82, 2.24) is 4.90 Å². The maximum Gasteiger partial charge on any atom is 0.242 e. The van der Waals surface area contributed by atoms with Gasteiger partial charge >= 0.3 is 0 Å². The molecule has 1 saturated carbocycles. The Morgan fingerprint density at radius 1 is 1.19 bits per heavy atom. The molecule has 0 aliphatic heterocycles. The van der Waals surface area contributed by atoms with E-state index in [9.17, 15) is 9.90 Å². The molecule has 1 amide bonds. The van der Waals surface area contributed by atoms with Crippen molar-refractivity contribution in [1.29, 1.82) is 0 Å². The number of aliphatic hydroxyl groups excluding tert-OH is 1. The Labute approximate surface area is 127 Å². The summed E-state index contributed by atoms with van der Waals surface area (Å²) in [5, 5.41) is 9.23. The summed E-state index contributed by atoms with van der Waals surface area (Å²) in [6, 6.07) is 10.2. The van der Waals surface area contributed by atoms with E-state index in [1.54, 1.807) is 0 Å². The predicted octanol–water partition coefficient (Wildman–Crippen LogP) is 2.28. The number of carbonyl (C=O) groups is 1. The van der Waals surface area contributed by atoms with Crippen molar-refractivity contribution in [3.63, 3.8) is 0 Å². The highest BCUT2D eigenvalue weighted by molar-refractivity contribution is 5.81. The molecule has 0 spiro atoms. The van der Waals surface area contributed by atoms with Gasteiger partial charge in [0.2, 0.25) is 5.91 Å². The van der Waals surface area contributed by atoms with Gasteiger partial charge in [-0.15, -0.1) is 0 Å². The number of benzene rings is 1. The molecule has 1 fully saturated rings. The van der Waals surface area contributed by atoms with E-state index in [1.165, 1.54) is 19.3 Å². The average Bonchev–Trinajstić information content (AvgIpc) is 2.55. The normalized spacial score (nSPS) is 15.7. The van der Waals surface area contributed by atoms with Gasteiger partial charge in [-0.1, -0.05) is 37.5 Å². The number of nitrogens with zero attached hydrogens (tertiary/aromatic N) is 2. The van der Waals surface area contributed by atoms with Crippen molar-refractivity contribution in [3.05, 3.63) is 30.3 Å². The molecule has 1 aromatic carbocycles. The lowest BCUT2D eigenvalue weighted by Gasteiger charge is -2.33. The second-order valence-corrected chi connectivity index (χ2v) is 5.78. The Balaban J connectivity index is 1.97. The van der Waals surface area contributed by atoms with Crippen molar-refractivity contribution >= 4 is 11.6 Å². The van der Waals surface area contributed by atoms with E-state index in [4.69, 9.17) is 0 Å². The number of hydrogen-bond donors (Lipinski definition) is 1. The van der Waals surface area contributed by atoms with Gasteiger partial charge in [-0.2, -0.15) is 0 Å². The zero-order valence-corrected chi connectivity index (χ0v) is 12.9. The van der Waals surface area contributed by atoms with Crippen LogP contribution in [0.1, 0.15) is 32.1 Å². The van der Waals surface area contributed by atoms with Crippen LogP contribution in [-0.4, -0.2) is 48.7 Å². The van der Waals surface area contributed by atoms with E-state index in [0.717, 1.165) is 18.5 Å². The van der Waals surface area contributed by atoms with Crippen LogP contribution in [0.25, 0.3) is 0 Å². The third-order valence-electron chi connectivity index (χ3n) is 4.33. The Bertz CT molecular complexity index is 430. The van der Waals surface area contributed by atoms with E-state index in [1.807, 2.05) is 47.2 Å². The first-order valence-corrected chi connectivity index (χ1v) is 7.89. The Hall–Kier alpha value is -1.55. The standard InChI is InChI=1S/C17H26N2O2/c1-18(15-8-4-2-5-9-15)17(21)14-19(12-13-20)16-10-6-3-7-11-16/h3,6-7,10-11,15,20H,2,4-5,8-9,12-14H2,1H3.